The first-order valence-electron chi connectivity index (χ1n) is 5.86. The number of ether oxygens (including phenoxy) is 1. The Hall–Kier alpha value is -1.06. The fourth-order valence-electron chi connectivity index (χ4n) is 2.14. The van der Waals surface area contributed by atoms with E-state index < -0.39 is 0 Å². The average molecular weight is 220 g/mol. The summed E-state index contributed by atoms with van der Waals surface area (Å²) in [6, 6.07) is 8.63. The minimum atomic E-state index is 0.157. The number of morpholine rings is 1. The van der Waals surface area contributed by atoms with E-state index in [9.17, 15) is 0 Å². The Morgan fingerprint density at radius 1 is 1.31 bits per heavy atom. The molecule has 1 aliphatic heterocycles. The van der Waals surface area contributed by atoms with Crippen molar-refractivity contribution in [1.29, 1.82) is 0 Å². The Morgan fingerprint density at radius 2 is 2.00 bits per heavy atom. The summed E-state index contributed by atoms with van der Waals surface area (Å²) in [5, 5.41) is 0. The van der Waals surface area contributed by atoms with Crippen LogP contribution in [0.5, 0.6) is 0 Å². The Morgan fingerprint density at radius 3 is 2.62 bits per heavy atom. The van der Waals surface area contributed by atoms with Crippen LogP contribution in [0, 0.1) is 6.92 Å². The molecule has 1 aromatic carbocycles. The number of aryl methyl sites for hydroxylation is 1. The van der Waals surface area contributed by atoms with Gasteiger partial charge in [0.25, 0.3) is 0 Å². The summed E-state index contributed by atoms with van der Waals surface area (Å²) in [5.74, 6) is 0. The molecule has 2 N–H and O–H groups in total. The minimum Gasteiger partial charge on any atom is -0.370 e. The highest BCUT2D eigenvalue weighted by Gasteiger charge is 2.24. The lowest BCUT2D eigenvalue weighted by Gasteiger charge is -2.37. The van der Waals surface area contributed by atoms with Crippen molar-refractivity contribution < 1.29 is 4.74 Å². The first-order valence-corrected chi connectivity index (χ1v) is 5.86. The van der Waals surface area contributed by atoms with E-state index in [0.717, 1.165) is 13.1 Å². The molecule has 88 valence electrons. The number of benzene rings is 1. The molecular formula is C13H20N2O. The molecule has 2 unspecified atom stereocenters. The highest BCUT2D eigenvalue weighted by atomic mass is 16.5. The van der Waals surface area contributed by atoms with Crippen molar-refractivity contribution >= 4 is 5.69 Å². The molecule has 1 heterocycles. The quantitative estimate of drug-likeness (QED) is 0.821. The summed E-state index contributed by atoms with van der Waals surface area (Å²) in [6.07, 6.45) is 0.411. The molecule has 0 saturated carbocycles. The van der Waals surface area contributed by atoms with Crippen LogP contribution in [0.1, 0.15) is 12.5 Å². The molecule has 1 saturated heterocycles. The van der Waals surface area contributed by atoms with Crippen molar-refractivity contribution in [3.05, 3.63) is 29.8 Å². The first kappa shape index (κ1) is 11.4. The van der Waals surface area contributed by atoms with Crippen molar-refractivity contribution in [2.24, 2.45) is 5.73 Å². The van der Waals surface area contributed by atoms with Gasteiger partial charge in [-0.05, 0) is 26.0 Å². The zero-order valence-electron chi connectivity index (χ0n) is 10.0. The van der Waals surface area contributed by atoms with E-state index in [1.807, 2.05) is 0 Å². The van der Waals surface area contributed by atoms with Crippen LogP contribution >= 0.6 is 0 Å². The first-order chi connectivity index (χ1) is 7.69. The molecule has 3 heteroatoms. The monoisotopic (exact) mass is 220 g/mol. The molecule has 0 amide bonds. The summed E-state index contributed by atoms with van der Waals surface area (Å²) in [6.45, 7) is 6.63. The van der Waals surface area contributed by atoms with Gasteiger partial charge in [-0.2, -0.15) is 0 Å². The van der Waals surface area contributed by atoms with E-state index in [0.29, 0.717) is 6.54 Å². The van der Waals surface area contributed by atoms with Crippen LogP contribution in [0.4, 0.5) is 5.69 Å². The maximum atomic E-state index is 5.74. The smallest absolute Gasteiger partial charge is 0.0876 e. The molecule has 0 bridgehead atoms. The molecule has 0 aliphatic carbocycles. The third kappa shape index (κ3) is 2.54. The summed E-state index contributed by atoms with van der Waals surface area (Å²) in [4.78, 5) is 2.35. The predicted octanol–water partition coefficient (Wildman–Crippen LogP) is 1.55. The fraction of sp³-hybridized carbons (Fsp3) is 0.538. The Kier molecular flexibility index (Phi) is 3.46. The standard InChI is InChI=1S/C13H20N2O/c1-10-3-5-12(6-4-10)15-8-11(2)16-13(7-14)9-15/h3-6,11,13H,7-9,14H2,1-2H3. The van der Waals surface area contributed by atoms with E-state index >= 15 is 0 Å². The van der Waals surface area contributed by atoms with Gasteiger partial charge < -0.3 is 15.4 Å². The van der Waals surface area contributed by atoms with Crippen molar-refractivity contribution in [2.45, 2.75) is 26.1 Å². The van der Waals surface area contributed by atoms with Gasteiger partial charge in [0, 0.05) is 25.3 Å². The minimum absolute atomic E-state index is 0.157. The highest BCUT2D eigenvalue weighted by Crippen LogP contribution is 2.20. The largest absolute Gasteiger partial charge is 0.370 e. The molecule has 2 atom stereocenters. The summed E-state index contributed by atoms with van der Waals surface area (Å²) < 4.78 is 5.74. The number of nitrogens with zero attached hydrogens (tertiary/aromatic N) is 1. The van der Waals surface area contributed by atoms with Crippen molar-refractivity contribution in [3.63, 3.8) is 0 Å². The molecule has 1 aliphatic rings. The van der Waals surface area contributed by atoms with Crippen LogP contribution in [0.15, 0.2) is 24.3 Å². The number of hydrogen-bond acceptors (Lipinski definition) is 3. The normalized spacial score (nSPS) is 25.8. The Labute approximate surface area is 97.2 Å². The van der Waals surface area contributed by atoms with Gasteiger partial charge in [0.2, 0.25) is 0 Å². The second kappa shape index (κ2) is 4.85. The van der Waals surface area contributed by atoms with Gasteiger partial charge >= 0.3 is 0 Å². The van der Waals surface area contributed by atoms with Crippen LogP contribution in [0.2, 0.25) is 0 Å². The third-order valence-corrected chi connectivity index (χ3v) is 2.99. The molecule has 0 spiro atoms. The molecular weight excluding hydrogens is 200 g/mol. The molecule has 0 radical (unpaired) electrons. The van der Waals surface area contributed by atoms with Crippen LogP contribution in [0.25, 0.3) is 0 Å². The van der Waals surface area contributed by atoms with Gasteiger partial charge in [0.05, 0.1) is 12.2 Å². The van der Waals surface area contributed by atoms with Crippen LogP contribution in [-0.4, -0.2) is 31.8 Å². The van der Waals surface area contributed by atoms with E-state index in [2.05, 4.69) is 43.0 Å². The Balaban J connectivity index is 2.11. The molecule has 0 aromatic heterocycles. The van der Waals surface area contributed by atoms with Gasteiger partial charge in [-0.25, -0.2) is 0 Å². The SMILES string of the molecule is Cc1ccc(N2CC(C)OC(CN)C2)cc1. The van der Waals surface area contributed by atoms with Gasteiger partial charge in [0.15, 0.2) is 0 Å². The second-order valence-electron chi connectivity index (χ2n) is 4.54. The lowest BCUT2D eigenvalue weighted by atomic mass is 10.1. The summed E-state index contributed by atoms with van der Waals surface area (Å²) in [7, 11) is 0. The van der Waals surface area contributed by atoms with Gasteiger partial charge in [-0.15, -0.1) is 0 Å². The van der Waals surface area contributed by atoms with E-state index in [4.69, 9.17) is 10.5 Å². The van der Waals surface area contributed by atoms with Crippen molar-refractivity contribution in [3.8, 4) is 0 Å². The molecule has 1 aromatic rings. The van der Waals surface area contributed by atoms with Crippen LogP contribution < -0.4 is 10.6 Å². The number of anilines is 1. The summed E-state index contributed by atoms with van der Waals surface area (Å²) >= 11 is 0. The molecule has 1 fully saturated rings. The highest BCUT2D eigenvalue weighted by molar-refractivity contribution is 5.48. The van der Waals surface area contributed by atoms with Crippen LogP contribution in [-0.2, 0) is 4.74 Å². The van der Waals surface area contributed by atoms with E-state index in [-0.39, 0.29) is 12.2 Å². The predicted molar refractivity (Wildman–Crippen MR) is 66.8 cm³/mol. The van der Waals surface area contributed by atoms with Gasteiger partial charge in [-0.1, -0.05) is 17.7 Å². The summed E-state index contributed by atoms with van der Waals surface area (Å²) in [5.41, 5.74) is 8.23. The second-order valence-corrected chi connectivity index (χ2v) is 4.54. The maximum Gasteiger partial charge on any atom is 0.0876 e. The lowest BCUT2D eigenvalue weighted by Crippen LogP contribution is -2.49. The third-order valence-electron chi connectivity index (χ3n) is 2.99. The maximum absolute atomic E-state index is 5.74. The Bertz CT molecular complexity index is 336. The van der Waals surface area contributed by atoms with E-state index in [1.165, 1.54) is 11.3 Å². The van der Waals surface area contributed by atoms with Gasteiger partial charge in [0.1, 0.15) is 0 Å². The number of rotatable bonds is 2. The number of hydrogen-bond donors (Lipinski definition) is 1. The molecule has 3 nitrogen and oxygen atoms in total. The number of nitrogens with two attached hydrogens (primary N) is 1. The lowest BCUT2D eigenvalue weighted by molar-refractivity contribution is -0.0104. The van der Waals surface area contributed by atoms with Crippen molar-refractivity contribution in [2.75, 3.05) is 24.5 Å². The van der Waals surface area contributed by atoms with Crippen LogP contribution in [0.3, 0.4) is 0 Å². The zero-order chi connectivity index (χ0) is 11.5. The molecule has 16 heavy (non-hydrogen) atoms. The van der Waals surface area contributed by atoms with E-state index in [1.54, 1.807) is 0 Å². The fourth-order valence-corrected chi connectivity index (χ4v) is 2.14. The zero-order valence-corrected chi connectivity index (χ0v) is 10.0. The van der Waals surface area contributed by atoms with Crippen molar-refractivity contribution in [1.82, 2.24) is 0 Å². The topological polar surface area (TPSA) is 38.5 Å². The molecule has 2 rings (SSSR count). The average Bonchev–Trinajstić information content (AvgIpc) is 2.29. The van der Waals surface area contributed by atoms with Gasteiger partial charge in [-0.3, -0.25) is 0 Å².